The fourth-order valence-electron chi connectivity index (χ4n) is 2.59. The van der Waals surface area contributed by atoms with Crippen LogP contribution in [-0.2, 0) is 0 Å². The second-order valence-electron chi connectivity index (χ2n) is 5.04. The van der Waals surface area contributed by atoms with Crippen molar-refractivity contribution in [2.75, 3.05) is 11.9 Å². The second-order valence-corrected chi connectivity index (χ2v) is 5.04. The number of carbonyl (C=O) groups is 1. The maximum absolute atomic E-state index is 12.3. The molecule has 96 valence electrons. The summed E-state index contributed by atoms with van der Waals surface area (Å²) in [6.07, 6.45) is 3.96. The molecule has 0 spiro atoms. The van der Waals surface area contributed by atoms with Crippen LogP contribution in [0, 0.1) is 6.92 Å². The Kier molecular flexibility index (Phi) is 3.03. The molecule has 1 N–H and O–H groups in total. The fraction of sp³-hybridized carbons (Fsp3) is 0.250. The predicted molar refractivity (Wildman–Crippen MR) is 75.6 cm³/mol. The topological polar surface area (TPSA) is 42.0 Å². The average molecular weight is 252 g/mol. The van der Waals surface area contributed by atoms with Crippen molar-refractivity contribution in [1.29, 1.82) is 0 Å². The van der Waals surface area contributed by atoms with E-state index in [-0.39, 0.29) is 11.7 Å². The molecule has 1 aromatic carbocycles. The monoisotopic (exact) mass is 252 g/mol. The minimum atomic E-state index is 0.166. The van der Waals surface area contributed by atoms with E-state index in [9.17, 15) is 4.79 Å². The fourth-order valence-corrected chi connectivity index (χ4v) is 2.59. The lowest BCUT2D eigenvalue weighted by atomic mass is 9.93. The van der Waals surface area contributed by atoms with Crippen molar-refractivity contribution < 1.29 is 4.79 Å². The standard InChI is InChI=1S/C16H16N2O/c1-11-6-13(9-17-8-11)16(19)7-12-10-18-15-5-3-2-4-14(12)15/h2-6,8-9,12,18H,7,10H2,1H3. The van der Waals surface area contributed by atoms with Crippen LogP contribution in [0.3, 0.4) is 0 Å². The van der Waals surface area contributed by atoms with Crippen LogP contribution in [0.15, 0.2) is 42.7 Å². The minimum Gasteiger partial charge on any atom is -0.384 e. The molecule has 0 amide bonds. The number of nitrogens with one attached hydrogen (secondary N) is 1. The number of fused-ring (bicyclic) bond motifs is 1. The SMILES string of the molecule is Cc1cncc(C(=O)CC2CNc3ccccc32)c1. The molecule has 0 saturated heterocycles. The maximum Gasteiger partial charge on any atom is 0.165 e. The molecule has 3 rings (SSSR count). The normalized spacial score (nSPS) is 16.8. The van der Waals surface area contributed by atoms with Crippen LogP contribution in [0.2, 0.25) is 0 Å². The second kappa shape index (κ2) is 4.84. The quantitative estimate of drug-likeness (QED) is 0.853. The highest BCUT2D eigenvalue weighted by Gasteiger charge is 2.24. The predicted octanol–water partition coefficient (Wildman–Crippen LogP) is 3.17. The van der Waals surface area contributed by atoms with Gasteiger partial charge in [-0.3, -0.25) is 9.78 Å². The van der Waals surface area contributed by atoms with E-state index in [1.807, 2.05) is 25.1 Å². The zero-order valence-corrected chi connectivity index (χ0v) is 10.9. The van der Waals surface area contributed by atoms with E-state index < -0.39 is 0 Å². The first-order valence-electron chi connectivity index (χ1n) is 6.51. The van der Waals surface area contributed by atoms with Crippen LogP contribution in [0.4, 0.5) is 5.69 Å². The number of nitrogens with zero attached hydrogens (tertiary/aromatic N) is 1. The van der Waals surface area contributed by atoms with E-state index in [2.05, 4.69) is 22.4 Å². The molecule has 2 heterocycles. The van der Waals surface area contributed by atoms with Crippen LogP contribution in [0.1, 0.15) is 33.8 Å². The molecule has 1 unspecified atom stereocenters. The lowest BCUT2D eigenvalue weighted by Crippen LogP contribution is -2.10. The summed E-state index contributed by atoms with van der Waals surface area (Å²) in [5.41, 5.74) is 4.14. The first-order chi connectivity index (χ1) is 9.24. The minimum absolute atomic E-state index is 0.166. The van der Waals surface area contributed by atoms with Crippen LogP contribution < -0.4 is 5.32 Å². The van der Waals surface area contributed by atoms with Gasteiger partial charge in [-0.1, -0.05) is 18.2 Å². The van der Waals surface area contributed by atoms with E-state index in [0.717, 1.165) is 17.8 Å². The number of Topliss-reactive ketones (excluding diaryl/α,β-unsaturated/α-hetero) is 1. The number of carbonyl (C=O) groups excluding carboxylic acids is 1. The van der Waals surface area contributed by atoms with Gasteiger partial charge >= 0.3 is 0 Å². The van der Waals surface area contributed by atoms with Crippen LogP contribution >= 0.6 is 0 Å². The highest BCUT2D eigenvalue weighted by Crippen LogP contribution is 2.33. The summed E-state index contributed by atoms with van der Waals surface area (Å²) in [6, 6.07) is 10.1. The Bertz CT molecular complexity index is 622. The van der Waals surface area contributed by atoms with Gasteiger partial charge in [0.1, 0.15) is 0 Å². The summed E-state index contributed by atoms with van der Waals surface area (Å²) < 4.78 is 0. The van der Waals surface area contributed by atoms with Gasteiger partial charge in [0.15, 0.2) is 5.78 Å². The summed E-state index contributed by atoms with van der Waals surface area (Å²) >= 11 is 0. The van der Waals surface area contributed by atoms with E-state index in [1.165, 1.54) is 5.56 Å². The number of ketones is 1. The number of anilines is 1. The molecule has 3 nitrogen and oxygen atoms in total. The number of rotatable bonds is 3. The first-order valence-corrected chi connectivity index (χ1v) is 6.51. The Balaban J connectivity index is 1.78. The molecule has 1 atom stereocenters. The van der Waals surface area contributed by atoms with Crippen molar-refractivity contribution in [1.82, 2.24) is 4.98 Å². The van der Waals surface area contributed by atoms with Gasteiger partial charge in [-0.2, -0.15) is 0 Å². The van der Waals surface area contributed by atoms with Gasteiger partial charge in [-0.15, -0.1) is 0 Å². The summed E-state index contributed by atoms with van der Waals surface area (Å²) in [5.74, 6) is 0.434. The third kappa shape index (κ3) is 2.36. The smallest absolute Gasteiger partial charge is 0.165 e. The molecule has 3 heteroatoms. The largest absolute Gasteiger partial charge is 0.384 e. The zero-order valence-electron chi connectivity index (χ0n) is 10.9. The number of hydrogen-bond donors (Lipinski definition) is 1. The van der Waals surface area contributed by atoms with Crippen LogP contribution in [-0.4, -0.2) is 17.3 Å². The van der Waals surface area contributed by atoms with Gasteiger partial charge in [-0.25, -0.2) is 0 Å². The summed E-state index contributed by atoms with van der Waals surface area (Å²) in [6.45, 7) is 2.79. The highest BCUT2D eigenvalue weighted by atomic mass is 16.1. The number of benzene rings is 1. The van der Waals surface area contributed by atoms with Crippen molar-refractivity contribution in [2.24, 2.45) is 0 Å². The lowest BCUT2D eigenvalue weighted by Gasteiger charge is -2.09. The summed E-state index contributed by atoms with van der Waals surface area (Å²) in [5, 5.41) is 3.35. The van der Waals surface area contributed by atoms with Gasteiger partial charge in [0.25, 0.3) is 0 Å². The third-order valence-electron chi connectivity index (χ3n) is 3.57. The van der Waals surface area contributed by atoms with Gasteiger partial charge in [0, 0.05) is 42.5 Å². The Morgan fingerprint density at radius 1 is 1.37 bits per heavy atom. The molecular formula is C16H16N2O. The molecule has 1 aliphatic heterocycles. The molecule has 1 aliphatic rings. The molecule has 19 heavy (non-hydrogen) atoms. The van der Waals surface area contributed by atoms with Crippen LogP contribution in [0.25, 0.3) is 0 Å². The van der Waals surface area contributed by atoms with Gasteiger partial charge in [-0.05, 0) is 30.2 Å². The molecule has 0 fully saturated rings. The number of aromatic nitrogens is 1. The zero-order chi connectivity index (χ0) is 13.2. The van der Waals surface area contributed by atoms with E-state index in [4.69, 9.17) is 0 Å². The molecule has 1 aromatic heterocycles. The first kappa shape index (κ1) is 11.9. The number of hydrogen-bond acceptors (Lipinski definition) is 3. The van der Waals surface area contributed by atoms with Crippen molar-refractivity contribution in [3.8, 4) is 0 Å². The Morgan fingerprint density at radius 2 is 2.21 bits per heavy atom. The van der Waals surface area contributed by atoms with Crippen molar-refractivity contribution in [3.63, 3.8) is 0 Å². The van der Waals surface area contributed by atoms with E-state index in [1.54, 1.807) is 12.4 Å². The Labute approximate surface area is 112 Å². The van der Waals surface area contributed by atoms with E-state index in [0.29, 0.717) is 12.0 Å². The Hall–Kier alpha value is -2.16. The summed E-state index contributed by atoms with van der Waals surface area (Å²) in [4.78, 5) is 16.4. The van der Waals surface area contributed by atoms with Crippen molar-refractivity contribution in [2.45, 2.75) is 19.3 Å². The number of aryl methyl sites for hydroxylation is 1. The van der Waals surface area contributed by atoms with Crippen LogP contribution in [0.5, 0.6) is 0 Å². The maximum atomic E-state index is 12.3. The molecule has 2 aromatic rings. The van der Waals surface area contributed by atoms with Gasteiger partial charge in [0.05, 0.1) is 0 Å². The third-order valence-corrected chi connectivity index (χ3v) is 3.57. The highest BCUT2D eigenvalue weighted by molar-refractivity contribution is 5.96. The number of para-hydroxylation sites is 1. The molecule has 0 bridgehead atoms. The van der Waals surface area contributed by atoms with Gasteiger partial charge < -0.3 is 5.32 Å². The van der Waals surface area contributed by atoms with Crippen molar-refractivity contribution in [3.05, 3.63) is 59.4 Å². The molecule has 0 aliphatic carbocycles. The molecular weight excluding hydrogens is 236 g/mol. The lowest BCUT2D eigenvalue weighted by molar-refractivity contribution is 0.0975. The van der Waals surface area contributed by atoms with E-state index >= 15 is 0 Å². The van der Waals surface area contributed by atoms with Gasteiger partial charge in [0.2, 0.25) is 0 Å². The molecule has 0 radical (unpaired) electrons. The average Bonchev–Trinajstić information content (AvgIpc) is 2.82. The number of pyridine rings is 1. The Morgan fingerprint density at radius 3 is 3.05 bits per heavy atom. The summed E-state index contributed by atoms with van der Waals surface area (Å²) in [7, 11) is 0. The van der Waals surface area contributed by atoms with Crippen molar-refractivity contribution >= 4 is 11.5 Å². The molecule has 0 saturated carbocycles.